The summed E-state index contributed by atoms with van der Waals surface area (Å²) in [5.41, 5.74) is 0. The van der Waals surface area contributed by atoms with Gasteiger partial charge in [-0.15, -0.1) is 0 Å². The molecule has 0 aliphatic rings. The van der Waals surface area contributed by atoms with E-state index in [0.29, 0.717) is 18.1 Å². The molecule has 0 radical (unpaired) electrons. The second-order valence-corrected chi connectivity index (χ2v) is 4.81. The predicted molar refractivity (Wildman–Crippen MR) is 69.4 cm³/mol. The van der Waals surface area contributed by atoms with Gasteiger partial charge in [-0.2, -0.15) is 0 Å². The maximum Gasteiger partial charge on any atom is 0.0221 e. The molecule has 0 aromatic rings. The van der Waals surface area contributed by atoms with Crippen LogP contribution in [0.15, 0.2) is 0 Å². The van der Waals surface area contributed by atoms with Crippen molar-refractivity contribution < 1.29 is 0 Å². The van der Waals surface area contributed by atoms with Crippen molar-refractivity contribution in [3.8, 4) is 0 Å². The van der Waals surface area contributed by atoms with E-state index in [9.17, 15) is 0 Å². The molecule has 0 aromatic heterocycles. The summed E-state index contributed by atoms with van der Waals surface area (Å²) in [6, 6.07) is 1.85. The van der Waals surface area contributed by atoms with Gasteiger partial charge in [0.05, 0.1) is 0 Å². The molecule has 0 aliphatic heterocycles. The second-order valence-electron chi connectivity index (χ2n) is 4.81. The average Bonchev–Trinajstić information content (AvgIpc) is 2.21. The molecular weight excluding hydrogens is 184 g/mol. The van der Waals surface area contributed by atoms with Crippen molar-refractivity contribution in [3.05, 3.63) is 0 Å². The zero-order valence-corrected chi connectivity index (χ0v) is 11.5. The zero-order chi connectivity index (χ0) is 11.8. The van der Waals surface area contributed by atoms with E-state index >= 15 is 0 Å². The molecule has 0 bridgehead atoms. The summed E-state index contributed by atoms with van der Waals surface area (Å²) in [6.45, 7) is 16.0. The summed E-state index contributed by atoms with van der Waals surface area (Å²) in [5.74, 6) is 0. The first kappa shape index (κ1) is 14.9. The van der Waals surface area contributed by atoms with E-state index in [1.807, 2.05) is 0 Å². The monoisotopic (exact) mass is 214 g/mol. The van der Waals surface area contributed by atoms with Crippen LogP contribution in [-0.2, 0) is 0 Å². The van der Waals surface area contributed by atoms with Gasteiger partial charge < -0.3 is 5.32 Å². The van der Waals surface area contributed by atoms with E-state index < -0.39 is 0 Å². The molecule has 0 rings (SSSR count). The summed E-state index contributed by atoms with van der Waals surface area (Å²) in [4.78, 5) is 2.59. The maximum absolute atomic E-state index is 3.58. The van der Waals surface area contributed by atoms with Crippen LogP contribution in [-0.4, -0.2) is 36.1 Å². The first-order chi connectivity index (χ1) is 7.04. The standard InChI is InChI=1S/C13H30N2/c1-7-9-14-12(5)13(6)15(10-8-2)11(3)4/h11-14H,7-10H2,1-6H3. The van der Waals surface area contributed by atoms with E-state index in [4.69, 9.17) is 0 Å². The number of hydrogen-bond donors (Lipinski definition) is 1. The Balaban J connectivity index is 4.15. The Morgan fingerprint density at radius 2 is 1.60 bits per heavy atom. The molecule has 2 atom stereocenters. The molecule has 2 nitrogen and oxygen atoms in total. The topological polar surface area (TPSA) is 15.3 Å². The SMILES string of the molecule is CCCNC(C)C(C)N(CCC)C(C)C. The van der Waals surface area contributed by atoms with Crippen LogP contribution >= 0.6 is 0 Å². The van der Waals surface area contributed by atoms with Crippen molar-refractivity contribution in [2.24, 2.45) is 0 Å². The molecule has 0 spiro atoms. The maximum atomic E-state index is 3.58. The fourth-order valence-electron chi connectivity index (χ4n) is 2.02. The van der Waals surface area contributed by atoms with Crippen LogP contribution in [0, 0.1) is 0 Å². The van der Waals surface area contributed by atoms with E-state index in [0.717, 1.165) is 6.54 Å². The van der Waals surface area contributed by atoms with Gasteiger partial charge >= 0.3 is 0 Å². The lowest BCUT2D eigenvalue weighted by Crippen LogP contribution is -2.50. The van der Waals surface area contributed by atoms with Crippen LogP contribution in [0.25, 0.3) is 0 Å². The van der Waals surface area contributed by atoms with Gasteiger partial charge in [-0.1, -0.05) is 13.8 Å². The van der Waals surface area contributed by atoms with E-state index in [1.54, 1.807) is 0 Å². The summed E-state index contributed by atoms with van der Waals surface area (Å²) < 4.78 is 0. The highest BCUT2D eigenvalue weighted by Gasteiger charge is 2.20. The third kappa shape index (κ3) is 5.53. The van der Waals surface area contributed by atoms with Gasteiger partial charge in [0.2, 0.25) is 0 Å². The molecule has 0 heterocycles. The van der Waals surface area contributed by atoms with Crippen LogP contribution in [0.5, 0.6) is 0 Å². The minimum atomic E-state index is 0.582. The van der Waals surface area contributed by atoms with Gasteiger partial charge in [0.15, 0.2) is 0 Å². The van der Waals surface area contributed by atoms with Gasteiger partial charge in [0, 0.05) is 18.1 Å². The van der Waals surface area contributed by atoms with Gasteiger partial charge in [0.1, 0.15) is 0 Å². The second kappa shape index (κ2) is 8.12. The summed E-state index contributed by atoms with van der Waals surface area (Å²) in [7, 11) is 0. The van der Waals surface area contributed by atoms with Gasteiger partial charge in [-0.25, -0.2) is 0 Å². The van der Waals surface area contributed by atoms with Gasteiger partial charge in [0.25, 0.3) is 0 Å². The van der Waals surface area contributed by atoms with E-state index in [2.05, 4.69) is 51.8 Å². The molecule has 0 amide bonds. The van der Waals surface area contributed by atoms with Crippen LogP contribution in [0.2, 0.25) is 0 Å². The van der Waals surface area contributed by atoms with Gasteiger partial charge in [-0.3, -0.25) is 4.90 Å². The highest BCUT2D eigenvalue weighted by atomic mass is 15.2. The molecule has 0 aliphatic carbocycles. The van der Waals surface area contributed by atoms with E-state index in [1.165, 1.54) is 19.4 Å². The molecule has 15 heavy (non-hydrogen) atoms. The normalized spacial score (nSPS) is 16.0. The Morgan fingerprint density at radius 3 is 2.00 bits per heavy atom. The molecule has 2 heteroatoms. The fraction of sp³-hybridized carbons (Fsp3) is 1.00. The Morgan fingerprint density at radius 1 is 1.00 bits per heavy atom. The first-order valence-corrected chi connectivity index (χ1v) is 6.53. The van der Waals surface area contributed by atoms with Crippen molar-refractivity contribution in [2.75, 3.05) is 13.1 Å². The van der Waals surface area contributed by atoms with Crippen LogP contribution in [0.1, 0.15) is 54.4 Å². The van der Waals surface area contributed by atoms with Crippen LogP contribution < -0.4 is 5.32 Å². The minimum Gasteiger partial charge on any atom is -0.313 e. The first-order valence-electron chi connectivity index (χ1n) is 6.53. The third-order valence-electron chi connectivity index (χ3n) is 3.11. The summed E-state index contributed by atoms with van der Waals surface area (Å²) in [6.07, 6.45) is 2.45. The molecule has 0 aromatic carbocycles. The molecule has 0 saturated heterocycles. The van der Waals surface area contributed by atoms with Crippen molar-refractivity contribution in [3.63, 3.8) is 0 Å². The number of hydrogen-bond acceptors (Lipinski definition) is 2. The smallest absolute Gasteiger partial charge is 0.0221 e. The lowest BCUT2D eigenvalue weighted by molar-refractivity contribution is 0.136. The number of nitrogens with zero attached hydrogens (tertiary/aromatic N) is 1. The Hall–Kier alpha value is -0.0800. The molecule has 2 unspecified atom stereocenters. The van der Waals surface area contributed by atoms with Gasteiger partial charge in [-0.05, 0) is 53.6 Å². The Labute approximate surface area is 96.4 Å². The third-order valence-corrected chi connectivity index (χ3v) is 3.11. The number of nitrogens with one attached hydrogen (secondary N) is 1. The average molecular weight is 214 g/mol. The summed E-state index contributed by atoms with van der Waals surface area (Å²) in [5, 5.41) is 3.58. The quantitative estimate of drug-likeness (QED) is 0.668. The number of rotatable bonds is 8. The molecule has 92 valence electrons. The Kier molecular flexibility index (Phi) is 8.07. The summed E-state index contributed by atoms with van der Waals surface area (Å²) >= 11 is 0. The van der Waals surface area contributed by atoms with Crippen molar-refractivity contribution >= 4 is 0 Å². The minimum absolute atomic E-state index is 0.582. The lowest BCUT2D eigenvalue weighted by atomic mass is 10.1. The van der Waals surface area contributed by atoms with Crippen LogP contribution in [0.4, 0.5) is 0 Å². The van der Waals surface area contributed by atoms with Crippen molar-refractivity contribution in [2.45, 2.75) is 72.5 Å². The predicted octanol–water partition coefficient (Wildman–Crippen LogP) is 2.88. The van der Waals surface area contributed by atoms with Crippen molar-refractivity contribution in [1.29, 1.82) is 0 Å². The van der Waals surface area contributed by atoms with Crippen LogP contribution in [0.3, 0.4) is 0 Å². The highest BCUT2D eigenvalue weighted by Crippen LogP contribution is 2.09. The fourth-order valence-corrected chi connectivity index (χ4v) is 2.02. The molecular formula is C13H30N2. The molecule has 1 N–H and O–H groups in total. The van der Waals surface area contributed by atoms with E-state index in [-0.39, 0.29) is 0 Å². The molecule has 0 fully saturated rings. The Bertz CT molecular complexity index is 145. The largest absolute Gasteiger partial charge is 0.313 e. The highest BCUT2D eigenvalue weighted by molar-refractivity contribution is 4.79. The van der Waals surface area contributed by atoms with Crippen molar-refractivity contribution in [1.82, 2.24) is 10.2 Å². The lowest BCUT2D eigenvalue weighted by Gasteiger charge is -2.36. The zero-order valence-electron chi connectivity index (χ0n) is 11.5. The molecule has 0 saturated carbocycles.